The van der Waals surface area contributed by atoms with Crippen LogP contribution in [0.2, 0.25) is 0 Å². The van der Waals surface area contributed by atoms with Crippen LogP contribution in [0.5, 0.6) is 0 Å². The summed E-state index contributed by atoms with van der Waals surface area (Å²) in [6.07, 6.45) is 3.76. The summed E-state index contributed by atoms with van der Waals surface area (Å²) in [7, 11) is 0. The number of aliphatic hydroxyl groups is 1. The molecule has 0 unspecified atom stereocenters. The average Bonchev–Trinajstić information content (AvgIpc) is 3.00. The minimum atomic E-state index is -0.364. The van der Waals surface area contributed by atoms with Gasteiger partial charge in [0.25, 0.3) is 0 Å². The molecule has 1 fully saturated rings. The molecule has 1 saturated heterocycles. The third-order valence-corrected chi connectivity index (χ3v) is 6.54. The lowest BCUT2D eigenvalue weighted by Crippen LogP contribution is -2.46. The zero-order valence-electron chi connectivity index (χ0n) is 18.0. The number of hydrogen-bond acceptors (Lipinski definition) is 6. The van der Waals surface area contributed by atoms with Crippen LogP contribution in [0.4, 0.5) is 21.7 Å². The Morgan fingerprint density at radius 3 is 2.66 bits per heavy atom. The number of nitrogens with zero attached hydrogens (tertiary/aromatic N) is 4. The van der Waals surface area contributed by atoms with Crippen LogP contribution in [-0.2, 0) is 13.0 Å². The highest BCUT2D eigenvalue weighted by Crippen LogP contribution is 2.27. The van der Waals surface area contributed by atoms with Gasteiger partial charge in [-0.05, 0) is 48.6 Å². The second-order valence-electron chi connectivity index (χ2n) is 8.59. The largest absolute Gasteiger partial charge is 0.391 e. The quantitative estimate of drug-likeness (QED) is 0.654. The molecule has 6 nitrogen and oxygen atoms in total. The molecule has 166 valence electrons. The topological polar surface area (TPSA) is 64.5 Å². The van der Waals surface area contributed by atoms with E-state index in [1.54, 1.807) is 12.1 Å². The molecule has 0 radical (unpaired) electrons. The summed E-state index contributed by atoms with van der Waals surface area (Å²) in [5.74, 6) is 1.14. The van der Waals surface area contributed by atoms with Gasteiger partial charge in [0, 0.05) is 44.0 Å². The van der Waals surface area contributed by atoms with Crippen LogP contribution in [0.1, 0.15) is 24.0 Å². The molecule has 0 amide bonds. The number of aromatic nitrogens is 2. The van der Waals surface area contributed by atoms with E-state index in [4.69, 9.17) is 0 Å². The zero-order valence-corrected chi connectivity index (χ0v) is 18.0. The number of halogens is 1. The minimum Gasteiger partial charge on any atom is -0.391 e. The molecule has 1 aromatic heterocycles. The van der Waals surface area contributed by atoms with Crippen molar-refractivity contribution in [3.05, 3.63) is 77.9 Å². The molecule has 2 N–H and O–H groups in total. The van der Waals surface area contributed by atoms with Crippen LogP contribution in [0.15, 0.2) is 60.9 Å². The third kappa shape index (κ3) is 4.59. The van der Waals surface area contributed by atoms with Gasteiger partial charge in [-0.3, -0.25) is 4.90 Å². The van der Waals surface area contributed by atoms with Gasteiger partial charge in [-0.2, -0.15) is 0 Å². The van der Waals surface area contributed by atoms with Crippen LogP contribution in [0, 0.1) is 5.82 Å². The number of aliphatic hydroxyl groups excluding tert-OH is 1. The molecular formula is C25H28FN5O. The second-order valence-corrected chi connectivity index (χ2v) is 8.59. The number of rotatable bonds is 4. The van der Waals surface area contributed by atoms with Gasteiger partial charge in [0.15, 0.2) is 0 Å². The van der Waals surface area contributed by atoms with Gasteiger partial charge < -0.3 is 15.3 Å². The number of fused-ring (bicyclic) bond motifs is 1. The van der Waals surface area contributed by atoms with E-state index in [-0.39, 0.29) is 18.0 Å². The lowest BCUT2D eigenvalue weighted by Gasteiger charge is -2.37. The van der Waals surface area contributed by atoms with Crippen molar-refractivity contribution in [3.63, 3.8) is 0 Å². The molecule has 2 aliphatic heterocycles. The lowest BCUT2D eigenvalue weighted by atomic mass is 9.96. The zero-order chi connectivity index (χ0) is 21.9. The van der Waals surface area contributed by atoms with E-state index in [9.17, 15) is 9.50 Å². The maximum atomic E-state index is 13.5. The average molecular weight is 434 g/mol. The van der Waals surface area contributed by atoms with Crippen molar-refractivity contribution >= 4 is 17.3 Å². The first-order valence-electron chi connectivity index (χ1n) is 11.2. The fourth-order valence-electron chi connectivity index (χ4n) is 4.83. The SMILES string of the molecule is O[C@H]1CCN(c2cc(Nc3cccc(F)c3)ncn2)CC[C@@H]1N1CCc2ccccc2C1. The van der Waals surface area contributed by atoms with Crippen molar-refractivity contribution in [2.24, 2.45) is 0 Å². The highest BCUT2D eigenvalue weighted by Gasteiger charge is 2.32. The smallest absolute Gasteiger partial charge is 0.135 e. The molecule has 32 heavy (non-hydrogen) atoms. The van der Waals surface area contributed by atoms with Crippen molar-refractivity contribution in [1.29, 1.82) is 0 Å². The minimum absolute atomic E-state index is 0.139. The third-order valence-electron chi connectivity index (χ3n) is 6.54. The maximum absolute atomic E-state index is 13.5. The molecule has 2 aliphatic rings. The Morgan fingerprint density at radius 1 is 0.938 bits per heavy atom. The molecule has 3 aromatic rings. The molecule has 0 spiro atoms. The van der Waals surface area contributed by atoms with Gasteiger partial charge in [0.05, 0.1) is 6.10 Å². The molecule has 0 saturated carbocycles. The summed E-state index contributed by atoms with van der Waals surface area (Å²) in [6.45, 7) is 3.43. The summed E-state index contributed by atoms with van der Waals surface area (Å²) in [4.78, 5) is 13.4. The molecule has 5 rings (SSSR count). The highest BCUT2D eigenvalue weighted by molar-refractivity contribution is 5.59. The second kappa shape index (κ2) is 9.22. The lowest BCUT2D eigenvalue weighted by molar-refractivity contribution is 0.0394. The molecule has 0 bridgehead atoms. The van der Waals surface area contributed by atoms with Crippen LogP contribution >= 0.6 is 0 Å². The summed E-state index contributed by atoms with van der Waals surface area (Å²) in [6, 6.07) is 16.9. The molecule has 3 heterocycles. The van der Waals surface area contributed by atoms with Crippen LogP contribution < -0.4 is 10.2 Å². The van der Waals surface area contributed by atoms with Crippen LogP contribution in [0.3, 0.4) is 0 Å². The number of benzene rings is 2. The van der Waals surface area contributed by atoms with E-state index in [2.05, 4.69) is 49.4 Å². The predicted octanol–water partition coefficient (Wildman–Crippen LogP) is 3.75. The first kappa shape index (κ1) is 20.8. The Bertz CT molecular complexity index is 1080. The van der Waals surface area contributed by atoms with Crippen molar-refractivity contribution < 1.29 is 9.50 Å². The van der Waals surface area contributed by atoms with E-state index in [1.165, 1.54) is 29.6 Å². The van der Waals surface area contributed by atoms with Crippen LogP contribution in [-0.4, -0.2) is 51.8 Å². The van der Waals surface area contributed by atoms with Crippen molar-refractivity contribution in [2.45, 2.75) is 38.0 Å². The molecule has 7 heteroatoms. The van der Waals surface area contributed by atoms with Gasteiger partial charge in [-0.1, -0.05) is 30.3 Å². The first-order valence-corrected chi connectivity index (χ1v) is 11.2. The van der Waals surface area contributed by atoms with Crippen molar-refractivity contribution in [3.8, 4) is 0 Å². The monoisotopic (exact) mass is 433 g/mol. The van der Waals surface area contributed by atoms with Crippen LogP contribution in [0.25, 0.3) is 0 Å². The first-order chi connectivity index (χ1) is 15.7. The summed E-state index contributed by atoms with van der Waals surface area (Å²) < 4.78 is 13.5. The summed E-state index contributed by atoms with van der Waals surface area (Å²) in [5.41, 5.74) is 3.44. The highest BCUT2D eigenvalue weighted by atomic mass is 19.1. The van der Waals surface area contributed by atoms with Crippen molar-refractivity contribution in [2.75, 3.05) is 29.9 Å². The fraction of sp³-hybridized carbons (Fsp3) is 0.360. The van der Waals surface area contributed by atoms with Gasteiger partial charge in [-0.25, -0.2) is 14.4 Å². The fourth-order valence-corrected chi connectivity index (χ4v) is 4.83. The van der Waals surface area contributed by atoms with E-state index in [1.807, 2.05) is 6.07 Å². The van der Waals surface area contributed by atoms with E-state index in [0.717, 1.165) is 44.8 Å². The number of nitrogens with one attached hydrogen (secondary N) is 1. The number of anilines is 3. The van der Waals surface area contributed by atoms with E-state index in [0.29, 0.717) is 17.9 Å². The standard InChI is InChI=1S/C25H28FN5O/c26-20-6-3-7-21(14-20)29-24-15-25(28-17-27-24)30-12-9-22(23(32)10-13-30)31-11-8-18-4-1-2-5-19(18)16-31/h1-7,14-15,17,22-23,32H,8-13,16H2,(H,27,28,29)/t22-,23-/m0/s1. The van der Waals surface area contributed by atoms with Gasteiger partial charge in [-0.15, -0.1) is 0 Å². The normalized spacial score (nSPS) is 21.6. The summed E-state index contributed by atoms with van der Waals surface area (Å²) >= 11 is 0. The van der Waals surface area contributed by atoms with E-state index < -0.39 is 0 Å². The Balaban J connectivity index is 1.27. The molecule has 0 aliphatic carbocycles. The Kier molecular flexibility index (Phi) is 6.01. The Hall–Kier alpha value is -3.03. The Labute approximate surface area is 187 Å². The van der Waals surface area contributed by atoms with E-state index >= 15 is 0 Å². The van der Waals surface area contributed by atoms with Gasteiger partial charge in [0.2, 0.25) is 0 Å². The molecule has 2 atom stereocenters. The molecule has 2 aromatic carbocycles. The summed E-state index contributed by atoms with van der Waals surface area (Å²) in [5, 5.41) is 14.1. The van der Waals surface area contributed by atoms with Crippen molar-refractivity contribution in [1.82, 2.24) is 14.9 Å². The molecular weight excluding hydrogens is 405 g/mol. The maximum Gasteiger partial charge on any atom is 0.135 e. The van der Waals surface area contributed by atoms with Gasteiger partial charge >= 0.3 is 0 Å². The predicted molar refractivity (Wildman–Crippen MR) is 124 cm³/mol. The Morgan fingerprint density at radius 2 is 1.78 bits per heavy atom. The van der Waals surface area contributed by atoms with Gasteiger partial charge in [0.1, 0.15) is 23.8 Å². The number of hydrogen-bond donors (Lipinski definition) is 2.